The Morgan fingerprint density at radius 2 is 1.74 bits per heavy atom. The first-order valence-corrected chi connectivity index (χ1v) is 10.9. The number of methoxy groups -OCH3 is 1. The maximum Gasteiger partial charge on any atom is 0.323 e. The number of nitrogens with zero attached hydrogens (tertiary/aromatic N) is 2. The van der Waals surface area contributed by atoms with E-state index < -0.39 is 41.3 Å². The number of hydrogen-bond donors (Lipinski definition) is 2. The molecule has 0 amide bonds. The minimum atomic E-state index is -1.24. The summed E-state index contributed by atoms with van der Waals surface area (Å²) in [6.07, 6.45) is -0.384. The van der Waals surface area contributed by atoms with E-state index in [0.29, 0.717) is 12.1 Å². The number of pyridine rings is 2. The van der Waals surface area contributed by atoms with E-state index in [4.69, 9.17) is 4.74 Å². The lowest BCUT2D eigenvalue weighted by Gasteiger charge is -2.22. The number of aromatic nitrogens is 2. The Labute approximate surface area is 195 Å². The van der Waals surface area contributed by atoms with Crippen molar-refractivity contribution in [1.82, 2.24) is 9.13 Å². The molecule has 2 N–H and O–H groups in total. The lowest BCUT2D eigenvalue weighted by Crippen LogP contribution is -2.34. The van der Waals surface area contributed by atoms with Gasteiger partial charge in [-0.1, -0.05) is 32.0 Å². The molecule has 9 nitrogen and oxygen atoms in total. The zero-order valence-electron chi connectivity index (χ0n) is 19.6. The van der Waals surface area contributed by atoms with Gasteiger partial charge < -0.3 is 24.1 Å². The number of carboxylic acid groups (broad SMARTS) is 1. The van der Waals surface area contributed by atoms with E-state index in [1.54, 1.807) is 10.6 Å². The van der Waals surface area contributed by atoms with E-state index >= 15 is 0 Å². The summed E-state index contributed by atoms with van der Waals surface area (Å²) in [5, 5.41) is 20.7. The molecule has 2 heterocycles. The molecule has 2 aromatic heterocycles. The number of carbonyl (C=O) groups is 2. The number of carbonyl (C=O) groups excluding carboxylic acids is 1. The van der Waals surface area contributed by atoms with Crippen molar-refractivity contribution < 1.29 is 24.5 Å². The normalized spacial score (nSPS) is 12.1. The van der Waals surface area contributed by atoms with Crippen LogP contribution in [0.3, 0.4) is 0 Å². The van der Waals surface area contributed by atoms with Crippen LogP contribution in [0.1, 0.15) is 43.0 Å². The zero-order chi connectivity index (χ0) is 25.2. The second-order valence-corrected chi connectivity index (χ2v) is 8.67. The number of carboxylic acids is 1. The average Bonchev–Trinajstić information content (AvgIpc) is 2.77. The van der Waals surface area contributed by atoms with E-state index in [9.17, 15) is 29.4 Å². The highest BCUT2D eigenvalue weighted by Crippen LogP contribution is 2.32. The first kappa shape index (κ1) is 24.8. The number of benzene rings is 1. The van der Waals surface area contributed by atoms with Crippen LogP contribution in [0, 0.1) is 12.8 Å². The van der Waals surface area contributed by atoms with Gasteiger partial charge in [0.05, 0.1) is 24.6 Å². The minimum absolute atomic E-state index is 0.135. The molecule has 34 heavy (non-hydrogen) atoms. The molecule has 9 heteroatoms. The van der Waals surface area contributed by atoms with Crippen LogP contribution in [0.25, 0.3) is 10.9 Å². The highest BCUT2D eigenvalue weighted by molar-refractivity contribution is 5.80. The molecule has 0 unspecified atom stereocenters. The molecule has 0 aliphatic rings. The van der Waals surface area contributed by atoms with Gasteiger partial charge >= 0.3 is 11.9 Å². The summed E-state index contributed by atoms with van der Waals surface area (Å²) in [5.74, 6) is -3.35. The average molecular weight is 469 g/mol. The van der Waals surface area contributed by atoms with Crippen LogP contribution < -0.4 is 11.1 Å². The predicted octanol–water partition coefficient (Wildman–Crippen LogP) is 2.61. The predicted molar refractivity (Wildman–Crippen MR) is 126 cm³/mol. The molecule has 0 aliphatic carbocycles. The highest BCUT2D eigenvalue weighted by atomic mass is 16.5. The van der Waals surface area contributed by atoms with E-state index in [0.717, 1.165) is 9.95 Å². The van der Waals surface area contributed by atoms with Crippen LogP contribution in [-0.2, 0) is 27.4 Å². The van der Waals surface area contributed by atoms with Gasteiger partial charge in [-0.25, -0.2) is 0 Å². The number of hydrogen-bond acceptors (Lipinski definition) is 6. The van der Waals surface area contributed by atoms with Gasteiger partial charge in [-0.3, -0.25) is 19.2 Å². The van der Waals surface area contributed by atoms with Crippen molar-refractivity contribution in [1.29, 1.82) is 0 Å². The molecule has 0 saturated carbocycles. The molecule has 0 aliphatic heterocycles. The van der Waals surface area contributed by atoms with Crippen molar-refractivity contribution in [2.24, 2.45) is 5.92 Å². The molecule has 0 saturated heterocycles. The summed E-state index contributed by atoms with van der Waals surface area (Å²) < 4.78 is 7.40. The Bertz CT molecular complexity index is 1370. The summed E-state index contributed by atoms with van der Waals surface area (Å²) >= 11 is 0. The molecule has 0 radical (unpaired) electrons. The van der Waals surface area contributed by atoms with Crippen LogP contribution in [0.4, 0.5) is 0 Å². The fourth-order valence-corrected chi connectivity index (χ4v) is 4.19. The Hall–Kier alpha value is -3.88. The number of esters is 1. The van der Waals surface area contributed by atoms with Crippen LogP contribution >= 0.6 is 0 Å². The van der Waals surface area contributed by atoms with Crippen LogP contribution in [0.2, 0.25) is 0 Å². The molecular formula is C25H28N2O7. The summed E-state index contributed by atoms with van der Waals surface area (Å²) in [6.45, 7) is 5.21. The molecule has 0 fully saturated rings. The number of ether oxygens (including phenoxy) is 1. The third kappa shape index (κ3) is 4.88. The van der Waals surface area contributed by atoms with E-state index in [-0.39, 0.29) is 29.2 Å². The summed E-state index contributed by atoms with van der Waals surface area (Å²) in [6, 6.07) is 10.2. The third-order valence-corrected chi connectivity index (χ3v) is 5.72. The van der Waals surface area contributed by atoms with E-state index in [1.165, 1.54) is 20.1 Å². The topological polar surface area (TPSA) is 128 Å². The zero-order valence-corrected chi connectivity index (χ0v) is 19.6. The number of aryl methyl sites for hydroxylation is 1. The van der Waals surface area contributed by atoms with Crippen molar-refractivity contribution in [2.45, 2.75) is 46.2 Å². The molecule has 0 bridgehead atoms. The van der Waals surface area contributed by atoms with Gasteiger partial charge in [0.1, 0.15) is 12.3 Å². The minimum Gasteiger partial charge on any atom is -0.507 e. The fraction of sp³-hybridized carbons (Fsp3) is 0.360. The van der Waals surface area contributed by atoms with Gasteiger partial charge in [0.25, 0.3) is 11.1 Å². The third-order valence-electron chi connectivity index (χ3n) is 5.72. The maximum atomic E-state index is 13.7. The quantitative estimate of drug-likeness (QED) is 0.486. The summed E-state index contributed by atoms with van der Waals surface area (Å²) in [4.78, 5) is 50.7. The number of aliphatic carboxylic acids is 1. The van der Waals surface area contributed by atoms with Crippen LogP contribution in [0.15, 0.2) is 46.0 Å². The number of para-hydroxylation sites is 1. The Morgan fingerprint density at radius 3 is 2.35 bits per heavy atom. The Kier molecular flexibility index (Phi) is 7.24. The van der Waals surface area contributed by atoms with Gasteiger partial charge in [-0.15, -0.1) is 0 Å². The van der Waals surface area contributed by atoms with E-state index in [2.05, 4.69) is 0 Å². The molecule has 1 atom stereocenters. The second-order valence-electron chi connectivity index (χ2n) is 8.67. The van der Waals surface area contributed by atoms with Gasteiger partial charge in [0.15, 0.2) is 0 Å². The Morgan fingerprint density at radius 1 is 1.06 bits per heavy atom. The molecule has 1 aromatic carbocycles. The monoisotopic (exact) mass is 468 g/mol. The first-order chi connectivity index (χ1) is 16.0. The van der Waals surface area contributed by atoms with Gasteiger partial charge in [-0.2, -0.15) is 0 Å². The maximum absolute atomic E-state index is 13.7. The number of aromatic hydroxyl groups is 1. The highest BCUT2D eigenvalue weighted by Gasteiger charge is 2.30. The van der Waals surface area contributed by atoms with Crippen LogP contribution in [-0.4, -0.2) is 38.4 Å². The van der Waals surface area contributed by atoms with Crippen molar-refractivity contribution in [3.63, 3.8) is 0 Å². The number of rotatable bonds is 8. The summed E-state index contributed by atoms with van der Waals surface area (Å²) in [5.41, 5.74) is -0.315. The van der Waals surface area contributed by atoms with Gasteiger partial charge in [-0.05, 0) is 36.4 Å². The van der Waals surface area contributed by atoms with Crippen molar-refractivity contribution in [2.75, 3.05) is 7.11 Å². The van der Waals surface area contributed by atoms with Crippen molar-refractivity contribution in [3.8, 4) is 5.75 Å². The van der Waals surface area contributed by atoms with Crippen molar-refractivity contribution in [3.05, 3.63) is 73.9 Å². The smallest absolute Gasteiger partial charge is 0.323 e. The van der Waals surface area contributed by atoms with Gasteiger partial charge in [0, 0.05) is 23.7 Å². The Balaban J connectivity index is 2.38. The first-order valence-electron chi connectivity index (χ1n) is 10.9. The second kappa shape index (κ2) is 9.94. The molecule has 0 spiro atoms. The standard InChI is InChI=1S/C25H28N2O7/c1-14(2)12-27-19-8-6-5-7-16(19)10-18(24(27)32)17(11-22(31)34-4)23-20(28)9-15(3)26(25(23)33)13-21(29)30/h5-10,14,17,28H,11-13H2,1-4H3,(H,29,30)/t17-/m1/s1. The molecule has 3 aromatic rings. The number of fused-ring (bicyclic) bond motifs is 1. The van der Waals surface area contributed by atoms with E-state index in [1.807, 2.05) is 38.1 Å². The molecule has 3 rings (SSSR count). The lowest BCUT2D eigenvalue weighted by molar-refractivity contribution is -0.141. The SMILES string of the molecule is COC(=O)C[C@@H](c1c(O)cc(C)n(CC(=O)O)c1=O)c1cc2ccccc2n(CC(C)C)c1=O. The van der Waals surface area contributed by atoms with Crippen molar-refractivity contribution >= 4 is 22.8 Å². The fourth-order valence-electron chi connectivity index (χ4n) is 4.19. The summed E-state index contributed by atoms with van der Waals surface area (Å²) in [7, 11) is 1.19. The largest absolute Gasteiger partial charge is 0.507 e. The lowest BCUT2D eigenvalue weighted by atomic mass is 9.88. The molecule has 180 valence electrons. The van der Waals surface area contributed by atoms with Crippen LogP contribution in [0.5, 0.6) is 5.75 Å². The molecular weight excluding hydrogens is 440 g/mol. The van der Waals surface area contributed by atoms with Gasteiger partial charge in [0.2, 0.25) is 0 Å².